The van der Waals surface area contributed by atoms with Gasteiger partial charge in [0.1, 0.15) is 12.4 Å². The summed E-state index contributed by atoms with van der Waals surface area (Å²) in [5.74, 6) is 0.977. The van der Waals surface area contributed by atoms with Gasteiger partial charge in [-0.15, -0.1) is 0 Å². The molecule has 0 saturated carbocycles. The fraction of sp³-hybridized carbons (Fsp3) is 0.333. The van der Waals surface area contributed by atoms with Crippen LogP contribution in [0.3, 0.4) is 0 Å². The summed E-state index contributed by atoms with van der Waals surface area (Å²) in [5, 5.41) is 0. The van der Waals surface area contributed by atoms with Crippen LogP contribution in [0.25, 0.3) is 11.0 Å². The van der Waals surface area contributed by atoms with E-state index in [0.29, 0.717) is 6.54 Å². The lowest BCUT2D eigenvalue weighted by molar-refractivity contribution is -0.119. The smallest absolute Gasteiger partial charge is 0.247 e. The van der Waals surface area contributed by atoms with Crippen LogP contribution in [-0.4, -0.2) is 28.0 Å². The molecule has 1 amide bonds. The number of nitrogens with two attached hydrogens (primary N) is 1. The van der Waals surface area contributed by atoms with E-state index in [1.54, 1.807) is 0 Å². The summed E-state index contributed by atoms with van der Waals surface area (Å²) in [6.07, 6.45) is 1.62. The molecule has 2 aromatic carbocycles. The van der Waals surface area contributed by atoms with Crippen LogP contribution < -0.4 is 10.6 Å². The maximum absolute atomic E-state index is 13.2. The summed E-state index contributed by atoms with van der Waals surface area (Å²) in [7, 11) is 0. The Morgan fingerprint density at radius 1 is 1.12 bits per heavy atom. The maximum atomic E-state index is 13.2. The lowest BCUT2D eigenvalue weighted by atomic mass is 10.2. The molecule has 1 heterocycles. The van der Waals surface area contributed by atoms with Gasteiger partial charge in [0.05, 0.1) is 11.0 Å². The van der Waals surface area contributed by atoms with E-state index >= 15 is 0 Å². The van der Waals surface area contributed by atoms with Crippen molar-refractivity contribution in [3.05, 3.63) is 60.4 Å². The van der Waals surface area contributed by atoms with Crippen molar-refractivity contribution in [2.75, 3.05) is 11.4 Å². The highest BCUT2D eigenvalue weighted by Crippen LogP contribution is 2.21. The molecule has 0 aliphatic carbocycles. The second kappa shape index (κ2) is 8.15. The fourth-order valence-electron chi connectivity index (χ4n) is 3.28. The van der Waals surface area contributed by atoms with Gasteiger partial charge in [-0.1, -0.05) is 30.3 Å². The van der Waals surface area contributed by atoms with Crippen LogP contribution in [0.2, 0.25) is 0 Å². The van der Waals surface area contributed by atoms with E-state index in [4.69, 9.17) is 10.7 Å². The first-order chi connectivity index (χ1) is 12.6. The zero-order chi connectivity index (χ0) is 18.5. The summed E-state index contributed by atoms with van der Waals surface area (Å²) >= 11 is 0. The molecule has 3 aromatic rings. The van der Waals surface area contributed by atoms with Gasteiger partial charge in [0.15, 0.2) is 0 Å². The number of nitrogens with zero attached hydrogens (tertiary/aromatic N) is 3. The van der Waals surface area contributed by atoms with Gasteiger partial charge in [-0.25, -0.2) is 4.98 Å². The molecule has 0 atom stereocenters. The molecule has 2 N–H and O–H groups in total. The number of fused-ring (bicyclic) bond motifs is 1. The van der Waals surface area contributed by atoms with Crippen molar-refractivity contribution in [1.29, 1.82) is 0 Å². The average molecular weight is 350 g/mol. The Bertz CT molecular complexity index is 870. The number of imidazole rings is 1. The third kappa shape index (κ3) is 3.78. The summed E-state index contributed by atoms with van der Waals surface area (Å²) in [5.41, 5.74) is 8.50. The van der Waals surface area contributed by atoms with Crippen LogP contribution in [0.5, 0.6) is 0 Å². The minimum atomic E-state index is 0.0587. The molecule has 1 aromatic heterocycles. The minimum Gasteiger partial charge on any atom is -0.330 e. The Morgan fingerprint density at radius 2 is 1.81 bits per heavy atom. The Labute approximate surface area is 154 Å². The predicted octanol–water partition coefficient (Wildman–Crippen LogP) is 3.37. The molecule has 26 heavy (non-hydrogen) atoms. The number of aromatic nitrogens is 2. The minimum absolute atomic E-state index is 0.0587. The maximum Gasteiger partial charge on any atom is 0.247 e. The van der Waals surface area contributed by atoms with Crippen LogP contribution in [-0.2, 0) is 17.8 Å². The highest BCUT2D eigenvalue weighted by Gasteiger charge is 2.21. The van der Waals surface area contributed by atoms with E-state index in [9.17, 15) is 4.79 Å². The van der Waals surface area contributed by atoms with Crippen molar-refractivity contribution >= 4 is 22.6 Å². The second-order valence-electron chi connectivity index (χ2n) is 6.69. The summed E-state index contributed by atoms with van der Waals surface area (Å²) in [6.45, 7) is 4.95. The van der Waals surface area contributed by atoms with Gasteiger partial charge in [0.2, 0.25) is 5.91 Å². The lowest BCUT2D eigenvalue weighted by Crippen LogP contribution is -2.39. The van der Waals surface area contributed by atoms with Crippen LogP contribution in [0.1, 0.15) is 26.1 Å². The van der Waals surface area contributed by atoms with Crippen molar-refractivity contribution in [3.8, 4) is 0 Å². The molecule has 0 radical (unpaired) electrons. The lowest BCUT2D eigenvalue weighted by Gasteiger charge is -2.27. The van der Waals surface area contributed by atoms with Crippen LogP contribution in [0.4, 0.5) is 5.69 Å². The fourth-order valence-corrected chi connectivity index (χ4v) is 3.28. The van der Waals surface area contributed by atoms with Crippen molar-refractivity contribution < 1.29 is 4.79 Å². The summed E-state index contributed by atoms with van der Waals surface area (Å²) in [4.78, 5) is 19.7. The Morgan fingerprint density at radius 3 is 2.50 bits per heavy atom. The molecule has 3 rings (SSSR count). The number of amides is 1. The molecule has 0 spiro atoms. The molecule has 0 bridgehead atoms. The largest absolute Gasteiger partial charge is 0.330 e. The number of hydrogen-bond donors (Lipinski definition) is 1. The molecule has 0 fully saturated rings. The monoisotopic (exact) mass is 350 g/mol. The van der Waals surface area contributed by atoms with Gasteiger partial charge in [-0.05, 0) is 51.1 Å². The quantitative estimate of drug-likeness (QED) is 0.710. The number of rotatable bonds is 7. The average Bonchev–Trinajstić information content (AvgIpc) is 2.98. The molecule has 0 aliphatic rings. The van der Waals surface area contributed by atoms with Crippen LogP contribution >= 0.6 is 0 Å². The first-order valence-electron chi connectivity index (χ1n) is 9.13. The summed E-state index contributed by atoms with van der Waals surface area (Å²) < 4.78 is 2.03. The molecule has 0 saturated heterocycles. The number of hydrogen-bond acceptors (Lipinski definition) is 3. The first-order valence-corrected chi connectivity index (χ1v) is 9.13. The number of carbonyl (C=O) groups excluding carboxylic acids is 1. The van der Waals surface area contributed by atoms with Crippen LogP contribution in [0.15, 0.2) is 54.6 Å². The van der Waals surface area contributed by atoms with E-state index in [1.165, 1.54) is 0 Å². The Balaban J connectivity index is 1.94. The topological polar surface area (TPSA) is 64.2 Å². The molecule has 5 nitrogen and oxygen atoms in total. The zero-order valence-electron chi connectivity index (χ0n) is 15.4. The zero-order valence-corrected chi connectivity index (χ0v) is 15.4. The molecule has 0 aliphatic heterocycles. The van der Waals surface area contributed by atoms with Crippen molar-refractivity contribution in [3.63, 3.8) is 0 Å². The number of benzene rings is 2. The Kier molecular flexibility index (Phi) is 5.68. The first kappa shape index (κ1) is 18.1. The number of para-hydroxylation sites is 3. The van der Waals surface area contributed by atoms with E-state index in [0.717, 1.165) is 35.4 Å². The van der Waals surface area contributed by atoms with E-state index in [-0.39, 0.29) is 18.5 Å². The van der Waals surface area contributed by atoms with Gasteiger partial charge < -0.3 is 15.2 Å². The van der Waals surface area contributed by atoms with E-state index < -0.39 is 0 Å². The van der Waals surface area contributed by atoms with Gasteiger partial charge in [0.25, 0.3) is 0 Å². The van der Waals surface area contributed by atoms with E-state index in [1.807, 2.05) is 77.9 Å². The van der Waals surface area contributed by atoms with Gasteiger partial charge >= 0.3 is 0 Å². The van der Waals surface area contributed by atoms with Crippen molar-refractivity contribution in [2.45, 2.75) is 39.3 Å². The van der Waals surface area contributed by atoms with Crippen LogP contribution in [0, 0.1) is 0 Å². The molecule has 0 unspecified atom stereocenters. The Hall–Kier alpha value is -2.66. The van der Waals surface area contributed by atoms with Gasteiger partial charge in [0, 0.05) is 18.2 Å². The molecule has 5 heteroatoms. The third-order valence-corrected chi connectivity index (χ3v) is 4.45. The third-order valence-electron chi connectivity index (χ3n) is 4.45. The van der Waals surface area contributed by atoms with Gasteiger partial charge in [-0.2, -0.15) is 0 Å². The normalized spacial score (nSPS) is 11.2. The summed E-state index contributed by atoms with van der Waals surface area (Å²) in [6, 6.07) is 17.8. The highest BCUT2D eigenvalue weighted by molar-refractivity contribution is 5.94. The number of carbonyl (C=O) groups is 1. The van der Waals surface area contributed by atoms with Crippen molar-refractivity contribution in [2.24, 2.45) is 5.73 Å². The molecular weight excluding hydrogens is 324 g/mol. The predicted molar refractivity (Wildman–Crippen MR) is 106 cm³/mol. The number of anilines is 1. The second-order valence-corrected chi connectivity index (χ2v) is 6.69. The number of aryl methyl sites for hydroxylation is 1. The van der Waals surface area contributed by atoms with Gasteiger partial charge in [-0.3, -0.25) is 4.79 Å². The SMILES string of the molecule is CC(C)N(C(=O)Cn1c(CCCN)nc2ccccc21)c1ccccc1. The molecular formula is C21H26N4O. The molecule has 136 valence electrons. The highest BCUT2D eigenvalue weighted by atomic mass is 16.2. The van der Waals surface area contributed by atoms with Crippen molar-refractivity contribution in [1.82, 2.24) is 9.55 Å². The standard InChI is InChI=1S/C21H26N4O/c1-16(2)25(17-9-4-3-5-10-17)21(26)15-24-19-12-7-6-11-18(19)23-20(24)13-8-14-22/h3-7,9-12,16H,8,13-15,22H2,1-2H3. The van der Waals surface area contributed by atoms with E-state index in [2.05, 4.69) is 0 Å².